The number of piperidine rings is 2. The second-order valence-corrected chi connectivity index (χ2v) is 14.5. The molecule has 0 spiro atoms. The molecule has 0 radical (unpaired) electrons. The first-order valence-corrected chi connectivity index (χ1v) is 16.3. The molecule has 1 unspecified atom stereocenters. The molecule has 8 bridgehead atoms. The topological polar surface area (TPSA) is 138 Å². The lowest BCUT2D eigenvalue weighted by atomic mass is 9.79. The second kappa shape index (κ2) is 10.2. The fraction of sp³-hybridized carbons (Fsp3) is 0.552. The summed E-state index contributed by atoms with van der Waals surface area (Å²) in [5.41, 5.74) is 1.33. The Morgan fingerprint density at radius 1 is 1.02 bits per heavy atom. The molecule has 3 aromatic rings. The van der Waals surface area contributed by atoms with E-state index in [1.165, 1.54) is 0 Å². The SMILES string of the molecule is CN1CC2(C)CCN(CC2)c2nc(NS(=O)(=O)C3CC3)ccc2-c2nnc(o2)-c2ccnc(c2)N2CCCC(C2)C1=O. The minimum atomic E-state index is -3.47. The quantitative estimate of drug-likeness (QED) is 0.482. The molecule has 1 aliphatic carbocycles. The second-order valence-electron chi connectivity index (χ2n) is 12.5. The fourth-order valence-electron chi connectivity index (χ4n) is 6.46. The van der Waals surface area contributed by atoms with Crippen molar-refractivity contribution in [1.29, 1.82) is 0 Å². The van der Waals surface area contributed by atoms with Crippen LogP contribution >= 0.6 is 0 Å². The molecule has 2 saturated heterocycles. The summed E-state index contributed by atoms with van der Waals surface area (Å²) >= 11 is 0. The Hall–Kier alpha value is -3.74. The number of nitrogens with one attached hydrogen (secondary N) is 1. The smallest absolute Gasteiger partial charge is 0.251 e. The third-order valence-electron chi connectivity index (χ3n) is 9.09. The molecular weight excluding hydrogens is 556 g/mol. The van der Waals surface area contributed by atoms with Crippen LogP contribution in [0.2, 0.25) is 0 Å². The number of aromatic nitrogens is 4. The van der Waals surface area contributed by atoms with E-state index in [1.807, 2.05) is 24.1 Å². The van der Waals surface area contributed by atoms with Crippen molar-refractivity contribution in [2.75, 3.05) is 54.3 Å². The number of nitrogens with zero attached hydrogens (tertiary/aromatic N) is 7. The molecule has 42 heavy (non-hydrogen) atoms. The molecule has 3 fully saturated rings. The van der Waals surface area contributed by atoms with Crippen LogP contribution in [-0.4, -0.2) is 84.4 Å². The first-order chi connectivity index (χ1) is 20.2. The number of sulfonamides is 1. The highest BCUT2D eigenvalue weighted by Crippen LogP contribution is 2.39. The summed E-state index contributed by atoms with van der Waals surface area (Å²) in [6, 6.07) is 7.22. The Balaban J connectivity index is 1.29. The van der Waals surface area contributed by atoms with Gasteiger partial charge in [0.1, 0.15) is 17.5 Å². The number of hydrogen-bond donors (Lipinski definition) is 1. The Morgan fingerprint density at radius 3 is 2.60 bits per heavy atom. The van der Waals surface area contributed by atoms with Crippen molar-refractivity contribution in [2.24, 2.45) is 11.3 Å². The van der Waals surface area contributed by atoms with Crippen LogP contribution in [-0.2, 0) is 14.8 Å². The Kier molecular flexibility index (Phi) is 6.59. The Labute approximate surface area is 245 Å². The van der Waals surface area contributed by atoms with Crippen LogP contribution in [0.4, 0.5) is 17.5 Å². The molecule has 5 aliphatic rings. The Bertz CT molecular complexity index is 1610. The number of pyridine rings is 2. The van der Waals surface area contributed by atoms with Gasteiger partial charge in [-0.2, -0.15) is 0 Å². The van der Waals surface area contributed by atoms with Gasteiger partial charge >= 0.3 is 0 Å². The number of carbonyl (C=O) groups excluding carboxylic acids is 1. The van der Waals surface area contributed by atoms with Crippen molar-refractivity contribution in [3.63, 3.8) is 0 Å². The van der Waals surface area contributed by atoms with E-state index < -0.39 is 10.0 Å². The normalized spacial score (nSPS) is 24.7. The van der Waals surface area contributed by atoms with Gasteiger partial charge in [0, 0.05) is 51.5 Å². The number of amides is 1. The van der Waals surface area contributed by atoms with Crippen LogP contribution in [0.3, 0.4) is 0 Å². The van der Waals surface area contributed by atoms with Crippen LogP contribution in [0, 0.1) is 11.3 Å². The van der Waals surface area contributed by atoms with Crippen molar-refractivity contribution in [3.05, 3.63) is 30.5 Å². The van der Waals surface area contributed by atoms with Crippen LogP contribution in [0.1, 0.15) is 45.4 Å². The van der Waals surface area contributed by atoms with Crippen LogP contribution < -0.4 is 14.5 Å². The first kappa shape index (κ1) is 27.1. The molecule has 3 aromatic heterocycles. The van der Waals surface area contributed by atoms with Gasteiger partial charge in [-0.25, -0.2) is 18.4 Å². The van der Waals surface area contributed by atoms with E-state index in [2.05, 4.69) is 36.6 Å². The minimum Gasteiger partial charge on any atom is -0.416 e. The van der Waals surface area contributed by atoms with E-state index >= 15 is 0 Å². The van der Waals surface area contributed by atoms with Crippen molar-refractivity contribution >= 4 is 33.4 Å². The van der Waals surface area contributed by atoms with Gasteiger partial charge in [-0.1, -0.05) is 6.92 Å². The number of hydrogen-bond acceptors (Lipinski definition) is 10. The van der Waals surface area contributed by atoms with Crippen LogP contribution in [0.15, 0.2) is 34.9 Å². The zero-order valence-corrected chi connectivity index (χ0v) is 24.8. The summed E-state index contributed by atoms with van der Waals surface area (Å²) in [5.74, 6) is 2.43. The van der Waals surface area contributed by atoms with Gasteiger partial charge < -0.3 is 19.1 Å². The monoisotopic (exact) mass is 592 g/mol. The third kappa shape index (κ3) is 5.18. The molecule has 13 heteroatoms. The van der Waals surface area contributed by atoms with E-state index in [9.17, 15) is 13.2 Å². The van der Waals surface area contributed by atoms with E-state index in [-0.39, 0.29) is 28.3 Å². The van der Waals surface area contributed by atoms with E-state index in [4.69, 9.17) is 9.40 Å². The largest absolute Gasteiger partial charge is 0.416 e. The summed E-state index contributed by atoms with van der Waals surface area (Å²) in [5, 5.41) is 8.38. The van der Waals surface area contributed by atoms with E-state index in [1.54, 1.807) is 18.3 Å². The molecule has 12 nitrogen and oxygen atoms in total. The predicted molar refractivity (Wildman–Crippen MR) is 158 cm³/mol. The van der Waals surface area contributed by atoms with Crippen molar-refractivity contribution < 1.29 is 17.6 Å². The molecule has 7 heterocycles. The molecule has 1 N–H and O–H groups in total. The highest BCUT2D eigenvalue weighted by atomic mass is 32.2. The van der Waals surface area contributed by atoms with Gasteiger partial charge in [-0.05, 0) is 68.2 Å². The summed E-state index contributed by atoms with van der Waals surface area (Å²) in [4.78, 5) is 29.3. The lowest BCUT2D eigenvalue weighted by molar-refractivity contribution is -0.136. The van der Waals surface area contributed by atoms with Crippen LogP contribution in [0.25, 0.3) is 22.9 Å². The molecule has 222 valence electrons. The van der Waals surface area contributed by atoms with E-state index in [0.29, 0.717) is 62.2 Å². The molecule has 0 aromatic carbocycles. The fourth-order valence-corrected chi connectivity index (χ4v) is 7.79. The van der Waals surface area contributed by atoms with Crippen molar-refractivity contribution in [2.45, 2.75) is 50.7 Å². The molecule has 8 rings (SSSR count). The zero-order chi connectivity index (χ0) is 29.1. The van der Waals surface area contributed by atoms with Crippen molar-refractivity contribution in [3.8, 4) is 22.9 Å². The summed E-state index contributed by atoms with van der Waals surface area (Å²) in [7, 11) is -1.55. The third-order valence-corrected chi connectivity index (χ3v) is 10.9. The number of fused-ring (bicyclic) bond motifs is 4. The molecule has 4 aliphatic heterocycles. The average Bonchev–Trinajstić information content (AvgIpc) is 3.75. The lowest BCUT2D eigenvalue weighted by Gasteiger charge is -2.43. The maximum atomic E-state index is 13.6. The first-order valence-electron chi connectivity index (χ1n) is 14.8. The molecular formula is C29H36N8O4S. The maximum Gasteiger partial charge on any atom is 0.251 e. The average molecular weight is 593 g/mol. The number of anilines is 3. The zero-order valence-electron chi connectivity index (χ0n) is 24.0. The standard InChI is InChI=1S/C29H36N8O4S/c1-29-10-14-36(15-11-29)25-22(7-8-23(31-25)34-42(39,40)21-5-6-21)27-33-32-26(41-27)19-9-12-30-24(16-19)37-13-3-4-20(17-37)28(38)35(2)18-29/h7-9,12,16,20-21H,3-6,10-11,13-15,17-18H2,1-2H3,(H,31,34). The maximum absolute atomic E-state index is 13.6. The lowest BCUT2D eigenvalue weighted by Crippen LogP contribution is -2.49. The minimum absolute atomic E-state index is 0.0560. The van der Waals surface area contributed by atoms with Gasteiger partial charge in [0.05, 0.1) is 16.7 Å². The number of carbonyl (C=O) groups is 1. The van der Waals surface area contributed by atoms with Gasteiger partial charge in [0.2, 0.25) is 21.8 Å². The molecule has 1 amide bonds. The van der Waals surface area contributed by atoms with Crippen LogP contribution in [0.5, 0.6) is 0 Å². The van der Waals surface area contributed by atoms with E-state index in [0.717, 1.165) is 43.6 Å². The number of rotatable bonds is 3. The summed E-state index contributed by atoms with van der Waals surface area (Å²) in [6.07, 6.45) is 6.56. The predicted octanol–water partition coefficient (Wildman–Crippen LogP) is 3.39. The van der Waals surface area contributed by atoms with Gasteiger partial charge in [-0.15, -0.1) is 10.2 Å². The highest BCUT2D eigenvalue weighted by Gasteiger charge is 2.38. The van der Waals surface area contributed by atoms with Gasteiger partial charge in [0.25, 0.3) is 5.89 Å². The van der Waals surface area contributed by atoms with Crippen molar-refractivity contribution in [1.82, 2.24) is 25.1 Å². The molecule has 1 atom stereocenters. The highest BCUT2D eigenvalue weighted by molar-refractivity contribution is 7.93. The summed E-state index contributed by atoms with van der Waals surface area (Å²) < 4.78 is 34.3. The van der Waals surface area contributed by atoms with Gasteiger partial charge in [0.15, 0.2) is 0 Å². The molecule has 1 saturated carbocycles. The Morgan fingerprint density at radius 2 is 1.81 bits per heavy atom. The summed E-state index contributed by atoms with van der Waals surface area (Å²) in [6.45, 7) is 5.78. The van der Waals surface area contributed by atoms with Gasteiger partial charge in [-0.3, -0.25) is 9.52 Å².